The number of sulfonamides is 1. The van der Waals surface area contributed by atoms with Crippen molar-refractivity contribution in [2.45, 2.75) is 45.4 Å². The molecule has 1 aliphatic heterocycles. The molecule has 1 unspecified atom stereocenters. The third-order valence-corrected chi connectivity index (χ3v) is 6.21. The maximum absolute atomic E-state index is 12.3. The van der Waals surface area contributed by atoms with Crippen LogP contribution < -0.4 is 0 Å². The van der Waals surface area contributed by atoms with Crippen LogP contribution in [-0.4, -0.2) is 37.3 Å². The highest BCUT2D eigenvalue weighted by atomic mass is 32.2. The summed E-state index contributed by atoms with van der Waals surface area (Å²) in [6.07, 6.45) is 6.03. The van der Waals surface area contributed by atoms with E-state index in [0.717, 1.165) is 25.7 Å². The number of hydrogen-bond acceptors (Lipinski definition) is 3. The van der Waals surface area contributed by atoms with E-state index < -0.39 is 10.0 Å². The number of hydrogen-bond donors (Lipinski definition) is 0. The summed E-state index contributed by atoms with van der Waals surface area (Å²) in [5, 5.41) is 0. The molecule has 0 bridgehead atoms. The molecule has 0 aromatic rings. The van der Waals surface area contributed by atoms with E-state index >= 15 is 0 Å². The van der Waals surface area contributed by atoms with Gasteiger partial charge in [0.25, 0.3) is 0 Å². The van der Waals surface area contributed by atoms with Crippen molar-refractivity contribution in [1.29, 1.82) is 0 Å². The van der Waals surface area contributed by atoms with Gasteiger partial charge in [0, 0.05) is 25.4 Å². The van der Waals surface area contributed by atoms with E-state index in [9.17, 15) is 13.2 Å². The summed E-state index contributed by atoms with van der Waals surface area (Å²) in [6, 6.07) is 0. The molecule has 0 amide bonds. The lowest BCUT2D eigenvalue weighted by atomic mass is 9.91. The lowest BCUT2D eigenvalue weighted by Gasteiger charge is -2.31. The van der Waals surface area contributed by atoms with E-state index in [1.807, 2.05) is 6.92 Å². The number of carbonyl (C=O) groups excluding carboxylic acids is 1. The zero-order chi connectivity index (χ0) is 13.2. The first-order valence-electron chi connectivity index (χ1n) is 6.99. The lowest BCUT2D eigenvalue weighted by Crippen LogP contribution is -2.45. The van der Waals surface area contributed by atoms with Gasteiger partial charge in [0.1, 0.15) is 5.78 Å². The predicted octanol–water partition coefficient (Wildman–Crippen LogP) is 1.81. The maximum atomic E-state index is 12.3. The van der Waals surface area contributed by atoms with Crippen LogP contribution in [0.25, 0.3) is 0 Å². The summed E-state index contributed by atoms with van der Waals surface area (Å²) >= 11 is 0. The number of Topliss-reactive ketones (excluding diaryl/α,β-unsaturated/α-hetero) is 1. The molecule has 0 radical (unpaired) electrons. The molecule has 1 atom stereocenters. The van der Waals surface area contributed by atoms with Crippen LogP contribution in [0.2, 0.25) is 0 Å². The van der Waals surface area contributed by atoms with Crippen molar-refractivity contribution in [3.05, 3.63) is 0 Å². The van der Waals surface area contributed by atoms with Crippen molar-refractivity contribution in [2.75, 3.05) is 18.8 Å². The number of carbonyl (C=O) groups is 1. The molecule has 0 aromatic carbocycles. The van der Waals surface area contributed by atoms with Gasteiger partial charge < -0.3 is 0 Å². The standard InChI is InChI=1S/C13H23NO3S/c1-11-9-14(8-7-13(11)15)18(16,17)10-12-5-3-2-4-6-12/h11-12H,2-10H2,1H3. The van der Waals surface area contributed by atoms with Crippen molar-refractivity contribution in [3.8, 4) is 0 Å². The zero-order valence-electron chi connectivity index (χ0n) is 11.1. The number of piperidine rings is 1. The van der Waals surface area contributed by atoms with Crippen LogP contribution in [0.1, 0.15) is 45.4 Å². The fourth-order valence-corrected chi connectivity index (χ4v) is 4.95. The summed E-state index contributed by atoms with van der Waals surface area (Å²) < 4.78 is 26.2. The predicted molar refractivity (Wildman–Crippen MR) is 70.7 cm³/mol. The van der Waals surface area contributed by atoms with Gasteiger partial charge in [-0.1, -0.05) is 26.2 Å². The number of ketones is 1. The van der Waals surface area contributed by atoms with Crippen LogP contribution in [0.15, 0.2) is 0 Å². The van der Waals surface area contributed by atoms with Gasteiger partial charge in [-0.2, -0.15) is 0 Å². The molecular weight excluding hydrogens is 250 g/mol. The number of nitrogens with zero attached hydrogens (tertiary/aromatic N) is 1. The smallest absolute Gasteiger partial charge is 0.214 e. The normalized spacial score (nSPS) is 28.5. The molecule has 2 rings (SSSR count). The molecule has 0 spiro atoms. The Labute approximate surface area is 110 Å². The molecule has 1 saturated heterocycles. The minimum Gasteiger partial charge on any atom is -0.299 e. The summed E-state index contributed by atoms with van der Waals surface area (Å²) in [4.78, 5) is 11.4. The van der Waals surface area contributed by atoms with Gasteiger partial charge >= 0.3 is 0 Å². The molecule has 2 fully saturated rings. The van der Waals surface area contributed by atoms with Gasteiger partial charge in [-0.05, 0) is 18.8 Å². The second-order valence-electron chi connectivity index (χ2n) is 5.76. The van der Waals surface area contributed by atoms with E-state index in [-0.39, 0.29) is 17.5 Å². The lowest BCUT2D eigenvalue weighted by molar-refractivity contribution is -0.124. The Morgan fingerprint density at radius 1 is 1.22 bits per heavy atom. The molecule has 0 aromatic heterocycles. The maximum Gasteiger partial charge on any atom is 0.214 e. The van der Waals surface area contributed by atoms with Crippen LogP contribution in [-0.2, 0) is 14.8 Å². The second kappa shape index (κ2) is 5.70. The van der Waals surface area contributed by atoms with Crippen molar-refractivity contribution in [3.63, 3.8) is 0 Å². The minimum absolute atomic E-state index is 0.139. The zero-order valence-corrected chi connectivity index (χ0v) is 11.9. The Bertz CT molecular complexity index is 398. The van der Waals surface area contributed by atoms with Crippen molar-refractivity contribution in [1.82, 2.24) is 4.31 Å². The Kier molecular flexibility index (Phi) is 4.43. The first-order valence-corrected chi connectivity index (χ1v) is 8.60. The topological polar surface area (TPSA) is 54.5 Å². The molecule has 104 valence electrons. The quantitative estimate of drug-likeness (QED) is 0.788. The van der Waals surface area contributed by atoms with Crippen molar-refractivity contribution in [2.24, 2.45) is 11.8 Å². The van der Waals surface area contributed by atoms with E-state index in [2.05, 4.69) is 0 Å². The highest BCUT2D eigenvalue weighted by molar-refractivity contribution is 7.89. The summed E-state index contributed by atoms with van der Waals surface area (Å²) in [6.45, 7) is 2.59. The Morgan fingerprint density at radius 2 is 1.89 bits per heavy atom. The van der Waals surface area contributed by atoms with E-state index in [0.29, 0.717) is 25.4 Å². The van der Waals surface area contributed by atoms with Gasteiger partial charge in [0.15, 0.2) is 0 Å². The van der Waals surface area contributed by atoms with Crippen molar-refractivity contribution < 1.29 is 13.2 Å². The summed E-state index contributed by atoms with van der Waals surface area (Å²) in [5.74, 6) is 0.671. The molecule has 4 nitrogen and oxygen atoms in total. The first kappa shape index (κ1) is 14.0. The molecule has 2 aliphatic rings. The molecule has 5 heteroatoms. The van der Waals surface area contributed by atoms with Crippen LogP contribution in [0.4, 0.5) is 0 Å². The summed E-state index contributed by atoms with van der Waals surface area (Å²) in [5.41, 5.74) is 0. The average molecular weight is 273 g/mol. The molecule has 1 saturated carbocycles. The molecule has 18 heavy (non-hydrogen) atoms. The Hall–Kier alpha value is -0.420. The Balaban J connectivity index is 1.95. The van der Waals surface area contributed by atoms with Gasteiger partial charge in [-0.25, -0.2) is 12.7 Å². The van der Waals surface area contributed by atoms with E-state index in [1.54, 1.807) is 0 Å². The van der Waals surface area contributed by atoms with E-state index in [1.165, 1.54) is 10.7 Å². The SMILES string of the molecule is CC1CN(S(=O)(=O)CC2CCCCC2)CCC1=O. The van der Waals surface area contributed by atoms with Crippen molar-refractivity contribution >= 4 is 15.8 Å². The minimum atomic E-state index is -3.16. The van der Waals surface area contributed by atoms with Gasteiger partial charge in [0.05, 0.1) is 5.75 Å². The highest BCUT2D eigenvalue weighted by Crippen LogP contribution is 2.26. The van der Waals surface area contributed by atoms with Gasteiger partial charge in [0.2, 0.25) is 10.0 Å². The first-order chi connectivity index (χ1) is 8.49. The number of rotatable bonds is 3. The fraction of sp³-hybridized carbons (Fsp3) is 0.923. The van der Waals surface area contributed by atoms with E-state index in [4.69, 9.17) is 0 Å². The second-order valence-corrected chi connectivity index (χ2v) is 7.77. The van der Waals surface area contributed by atoms with Crippen LogP contribution >= 0.6 is 0 Å². The average Bonchev–Trinajstić information content (AvgIpc) is 2.33. The largest absolute Gasteiger partial charge is 0.299 e. The molecule has 0 N–H and O–H groups in total. The van der Waals surface area contributed by atoms with Gasteiger partial charge in [-0.15, -0.1) is 0 Å². The van der Waals surface area contributed by atoms with Crippen LogP contribution in [0.3, 0.4) is 0 Å². The molecule has 1 heterocycles. The molecule has 1 aliphatic carbocycles. The van der Waals surface area contributed by atoms with Gasteiger partial charge in [-0.3, -0.25) is 4.79 Å². The summed E-state index contributed by atoms with van der Waals surface area (Å²) in [7, 11) is -3.16. The Morgan fingerprint density at radius 3 is 2.50 bits per heavy atom. The monoisotopic (exact) mass is 273 g/mol. The van der Waals surface area contributed by atoms with Crippen LogP contribution in [0.5, 0.6) is 0 Å². The van der Waals surface area contributed by atoms with Crippen LogP contribution in [0, 0.1) is 11.8 Å². The fourth-order valence-electron chi connectivity index (χ4n) is 2.99. The molecular formula is C13H23NO3S. The third kappa shape index (κ3) is 3.32. The highest BCUT2D eigenvalue weighted by Gasteiger charge is 2.33. The third-order valence-electron chi connectivity index (χ3n) is 4.20.